The molecule has 1 unspecified atom stereocenters. The summed E-state index contributed by atoms with van der Waals surface area (Å²) in [4.78, 5) is 0. The summed E-state index contributed by atoms with van der Waals surface area (Å²) in [6.45, 7) is 4.98. The SMILES string of the molecule is CCCNCC(C)S(=O)(=O)Nc1ccc(Cl)cc1. The van der Waals surface area contributed by atoms with E-state index in [2.05, 4.69) is 10.0 Å². The maximum atomic E-state index is 12.0. The molecule has 1 aromatic carbocycles. The fourth-order valence-electron chi connectivity index (χ4n) is 1.37. The normalized spacial score (nSPS) is 13.3. The van der Waals surface area contributed by atoms with Crippen molar-refractivity contribution >= 4 is 27.3 Å². The molecule has 0 radical (unpaired) electrons. The second kappa shape index (κ2) is 6.97. The number of sulfonamides is 1. The maximum absolute atomic E-state index is 12.0. The van der Waals surface area contributed by atoms with Crippen molar-refractivity contribution in [2.24, 2.45) is 0 Å². The van der Waals surface area contributed by atoms with Crippen LogP contribution in [0.4, 0.5) is 5.69 Å². The third-order valence-electron chi connectivity index (χ3n) is 2.49. The molecule has 2 N–H and O–H groups in total. The number of rotatable bonds is 7. The van der Waals surface area contributed by atoms with Gasteiger partial charge in [-0.15, -0.1) is 0 Å². The molecule has 0 saturated carbocycles. The van der Waals surface area contributed by atoms with Gasteiger partial charge in [0.05, 0.1) is 5.25 Å². The van der Waals surface area contributed by atoms with Crippen molar-refractivity contribution in [2.75, 3.05) is 17.8 Å². The zero-order valence-corrected chi connectivity index (χ0v) is 12.2. The minimum absolute atomic E-state index is 0.441. The molecule has 0 aliphatic heterocycles. The lowest BCUT2D eigenvalue weighted by atomic mass is 10.3. The standard InChI is InChI=1S/C12H19ClN2O2S/c1-3-8-14-9-10(2)18(16,17)15-12-6-4-11(13)5-7-12/h4-7,10,14-15H,3,8-9H2,1-2H3. The van der Waals surface area contributed by atoms with Gasteiger partial charge in [-0.25, -0.2) is 8.42 Å². The molecule has 4 nitrogen and oxygen atoms in total. The van der Waals surface area contributed by atoms with Crippen LogP contribution in [0.5, 0.6) is 0 Å². The summed E-state index contributed by atoms with van der Waals surface area (Å²) >= 11 is 5.74. The minimum atomic E-state index is -3.36. The van der Waals surface area contributed by atoms with Crippen molar-refractivity contribution < 1.29 is 8.42 Å². The molecule has 1 rings (SSSR count). The van der Waals surface area contributed by atoms with Crippen LogP contribution in [0.1, 0.15) is 20.3 Å². The smallest absolute Gasteiger partial charge is 0.236 e. The van der Waals surface area contributed by atoms with Gasteiger partial charge in [0.25, 0.3) is 0 Å². The summed E-state index contributed by atoms with van der Waals surface area (Å²) in [6, 6.07) is 6.59. The number of benzene rings is 1. The molecule has 0 heterocycles. The Morgan fingerprint density at radius 3 is 2.44 bits per heavy atom. The molecule has 0 amide bonds. The zero-order valence-electron chi connectivity index (χ0n) is 10.6. The topological polar surface area (TPSA) is 58.2 Å². The van der Waals surface area contributed by atoms with Gasteiger partial charge in [-0.1, -0.05) is 18.5 Å². The molecule has 0 saturated heterocycles. The van der Waals surface area contributed by atoms with Crippen LogP contribution in [0.2, 0.25) is 5.02 Å². The summed E-state index contributed by atoms with van der Waals surface area (Å²) in [5.74, 6) is 0. The first-order valence-corrected chi connectivity index (χ1v) is 7.86. The number of anilines is 1. The van der Waals surface area contributed by atoms with Crippen LogP contribution in [0.3, 0.4) is 0 Å². The fourth-order valence-corrected chi connectivity index (χ4v) is 2.50. The van der Waals surface area contributed by atoms with Crippen molar-refractivity contribution in [3.05, 3.63) is 29.3 Å². The average molecular weight is 291 g/mol. The largest absolute Gasteiger partial charge is 0.315 e. The highest BCUT2D eigenvalue weighted by Crippen LogP contribution is 2.15. The van der Waals surface area contributed by atoms with Gasteiger partial charge >= 0.3 is 0 Å². The molecule has 0 fully saturated rings. The Bertz CT molecular complexity index is 459. The van der Waals surface area contributed by atoms with Crippen LogP contribution in [0.15, 0.2) is 24.3 Å². The van der Waals surface area contributed by atoms with E-state index in [1.165, 1.54) is 0 Å². The predicted molar refractivity (Wildman–Crippen MR) is 76.6 cm³/mol. The van der Waals surface area contributed by atoms with E-state index in [1.54, 1.807) is 31.2 Å². The van der Waals surface area contributed by atoms with Crippen molar-refractivity contribution in [1.82, 2.24) is 5.32 Å². The second-order valence-electron chi connectivity index (χ2n) is 4.17. The van der Waals surface area contributed by atoms with Crippen LogP contribution in [-0.2, 0) is 10.0 Å². The third-order valence-corrected chi connectivity index (χ3v) is 4.49. The summed E-state index contributed by atoms with van der Waals surface area (Å²) in [7, 11) is -3.36. The third kappa shape index (κ3) is 4.84. The molecule has 0 aromatic heterocycles. The van der Waals surface area contributed by atoms with E-state index in [0.29, 0.717) is 17.3 Å². The predicted octanol–water partition coefficient (Wildman–Crippen LogP) is 2.47. The molecule has 1 atom stereocenters. The monoisotopic (exact) mass is 290 g/mol. The summed E-state index contributed by atoms with van der Waals surface area (Å²) < 4.78 is 26.5. The Labute approximate surface area is 114 Å². The molecule has 0 aliphatic rings. The zero-order chi connectivity index (χ0) is 13.6. The van der Waals surface area contributed by atoms with Crippen LogP contribution in [-0.4, -0.2) is 26.8 Å². The summed E-state index contributed by atoms with van der Waals surface area (Å²) in [5.41, 5.74) is 0.529. The number of halogens is 1. The highest BCUT2D eigenvalue weighted by molar-refractivity contribution is 7.93. The Morgan fingerprint density at radius 2 is 1.89 bits per heavy atom. The van der Waals surface area contributed by atoms with E-state index in [0.717, 1.165) is 13.0 Å². The average Bonchev–Trinajstić information content (AvgIpc) is 2.32. The molecule has 1 aromatic rings. The van der Waals surface area contributed by atoms with Crippen molar-refractivity contribution in [3.8, 4) is 0 Å². The molecule has 18 heavy (non-hydrogen) atoms. The fraction of sp³-hybridized carbons (Fsp3) is 0.500. The lowest BCUT2D eigenvalue weighted by Crippen LogP contribution is -2.35. The molecular weight excluding hydrogens is 272 g/mol. The van der Waals surface area contributed by atoms with Gasteiger partial charge in [-0.3, -0.25) is 4.72 Å². The van der Waals surface area contributed by atoms with Crippen LogP contribution >= 0.6 is 11.6 Å². The van der Waals surface area contributed by atoms with Crippen molar-refractivity contribution in [2.45, 2.75) is 25.5 Å². The molecule has 102 valence electrons. The quantitative estimate of drug-likeness (QED) is 0.759. The Balaban J connectivity index is 2.60. The number of hydrogen-bond acceptors (Lipinski definition) is 3. The first kappa shape index (κ1) is 15.3. The van der Waals surface area contributed by atoms with Gasteiger partial charge in [-0.2, -0.15) is 0 Å². The Morgan fingerprint density at radius 1 is 1.28 bits per heavy atom. The lowest BCUT2D eigenvalue weighted by molar-refractivity contribution is 0.576. The van der Waals surface area contributed by atoms with E-state index in [9.17, 15) is 8.42 Å². The van der Waals surface area contributed by atoms with E-state index >= 15 is 0 Å². The molecule has 6 heteroatoms. The van der Waals surface area contributed by atoms with Gasteiger partial charge in [0.2, 0.25) is 10.0 Å². The van der Waals surface area contributed by atoms with E-state index in [-0.39, 0.29) is 0 Å². The molecule has 0 aliphatic carbocycles. The molecule has 0 spiro atoms. The van der Waals surface area contributed by atoms with Gasteiger partial charge in [0.15, 0.2) is 0 Å². The van der Waals surface area contributed by atoms with Gasteiger partial charge in [0, 0.05) is 17.3 Å². The van der Waals surface area contributed by atoms with Crippen LogP contribution < -0.4 is 10.0 Å². The number of nitrogens with one attached hydrogen (secondary N) is 2. The summed E-state index contributed by atoms with van der Waals surface area (Å²) in [6.07, 6.45) is 0.984. The highest BCUT2D eigenvalue weighted by atomic mass is 35.5. The Hall–Kier alpha value is -0.780. The first-order valence-electron chi connectivity index (χ1n) is 5.93. The summed E-state index contributed by atoms with van der Waals surface area (Å²) in [5, 5.41) is 3.19. The number of hydrogen-bond donors (Lipinski definition) is 2. The maximum Gasteiger partial charge on any atom is 0.236 e. The second-order valence-corrected chi connectivity index (χ2v) is 6.70. The Kier molecular flexibility index (Phi) is 5.91. The van der Waals surface area contributed by atoms with Crippen molar-refractivity contribution in [3.63, 3.8) is 0 Å². The van der Waals surface area contributed by atoms with E-state index in [4.69, 9.17) is 11.6 Å². The molecule has 0 bridgehead atoms. The minimum Gasteiger partial charge on any atom is -0.315 e. The van der Waals surface area contributed by atoms with Crippen LogP contribution in [0.25, 0.3) is 0 Å². The van der Waals surface area contributed by atoms with E-state index in [1.807, 2.05) is 6.92 Å². The van der Waals surface area contributed by atoms with Gasteiger partial charge < -0.3 is 5.32 Å². The first-order chi connectivity index (χ1) is 8.45. The van der Waals surface area contributed by atoms with E-state index < -0.39 is 15.3 Å². The van der Waals surface area contributed by atoms with Crippen LogP contribution in [0, 0.1) is 0 Å². The lowest BCUT2D eigenvalue weighted by Gasteiger charge is -2.15. The van der Waals surface area contributed by atoms with Gasteiger partial charge in [-0.05, 0) is 44.2 Å². The molecular formula is C12H19ClN2O2S. The highest BCUT2D eigenvalue weighted by Gasteiger charge is 2.19. The van der Waals surface area contributed by atoms with Crippen molar-refractivity contribution in [1.29, 1.82) is 0 Å². The van der Waals surface area contributed by atoms with Gasteiger partial charge in [0.1, 0.15) is 0 Å².